The third-order valence-corrected chi connectivity index (χ3v) is 11.7. The highest BCUT2D eigenvalue weighted by Crippen LogP contribution is 2.43. The number of allylic oxidation sites excluding steroid dienone is 3. The van der Waals surface area contributed by atoms with Crippen LogP contribution in [0.2, 0.25) is 0 Å². The number of carbonyl (C=O) groups is 4. The number of hydrogen-bond acceptors (Lipinski definition) is 10. The molecule has 0 radical (unpaired) electrons. The second kappa shape index (κ2) is 18.2. The number of nitrogens with zero attached hydrogens (tertiary/aromatic N) is 2. The van der Waals surface area contributed by atoms with Gasteiger partial charge in [-0.2, -0.15) is 12.6 Å². The highest BCUT2D eigenvalue weighted by Gasteiger charge is 2.50. The number of aliphatic hydroxyl groups is 1. The van der Waals surface area contributed by atoms with Crippen LogP contribution in [0, 0.1) is 24.2 Å². The molecule has 3 amide bonds. The molecule has 3 rings (SSSR count). The van der Waals surface area contributed by atoms with E-state index in [1.165, 1.54) is 12.0 Å². The lowest BCUT2D eigenvalue weighted by Crippen LogP contribution is -2.63. The summed E-state index contributed by atoms with van der Waals surface area (Å²) in [4.78, 5) is 57.0. The maximum atomic E-state index is 14.3. The molecule has 2 heterocycles. The van der Waals surface area contributed by atoms with E-state index >= 15 is 0 Å². The van der Waals surface area contributed by atoms with Gasteiger partial charge >= 0.3 is 12.1 Å². The van der Waals surface area contributed by atoms with E-state index in [2.05, 4.69) is 17.9 Å². The zero-order valence-electron chi connectivity index (χ0n) is 33.5. The fourth-order valence-electron chi connectivity index (χ4n) is 7.05. The number of ether oxygens (including phenoxy) is 4. The van der Waals surface area contributed by atoms with Gasteiger partial charge in [0, 0.05) is 45.0 Å². The largest absolute Gasteiger partial charge is 0.496 e. The summed E-state index contributed by atoms with van der Waals surface area (Å²) in [6.45, 7) is 15.0. The van der Waals surface area contributed by atoms with Crippen molar-refractivity contribution in [2.45, 2.75) is 123 Å². The number of benzene rings is 1. The first-order chi connectivity index (χ1) is 24.7. The monoisotopic (exact) mass is 759 g/mol. The number of alkyl carbamates (subject to hydrolysis) is 1. The summed E-state index contributed by atoms with van der Waals surface area (Å²) in [7, 11) is 6.30. The van der Waals surface area contributed by atoms with Crippen LogP contribution in [0.5, 0.6) is 5.75 Å². The molecular weight excluding hydrogens is 699 g/mol. The minimum Gasteiger partial charge on any atom is -0.496 e. The van der Waals surface area contributed by atoms with Crippen molar-refractivity contribution < 1.29 is 43.2 Å². The van der Waals surface area contributed by atoms with Crippen molar-refractivity contribution in [3.05, 3.63) is 47.1 Å². The molecule has 1 fully saturated rings. The van der Waals surface area contributed by atoms with Gasteiger partial charge in [-0.1, -0.05) is 58.4 Å². The average Bonchev–Trinajstić information content (AvgIpc) is 3.09. The molecule has 2 aliphatic rings. The highest BCUT2D eigenvalue weighted by molar-refractivity contribution is 7.80. The van der Waals surface area contributed by atoms with Crippen LogP contribution in [0.4, 0.5) is 10.5 Å². The zero-order chi connectivity index (χ0) is 40.0. The molecule has 2 N–H and O–H groups in total. The van der Waals surface area contributed by atoms with Crippen molar-refractivity contribution in [1.29, 1.82) is 0 Å². The molecule has 12 nitrogen and oxygen atoms in total. The number of nitrogens with one attached hydrogen (secondary N) is 1. The van der Waals surface area contributed by atoms with Crippen LogP contribution in [-0.2, 0) is 35.0 Å². The van der Waals surface area contributed by atoms with Crippen LogP contribution in [0.1, 0.15) is 85.3 Å². The van der Waals surface area contributed by atoms with Crippen molar-refractivity contribution >= 4 is 42.2 Å². The molecule has 2 aliphatic heterocycles. The van der Waals surface area contributed by atoms with E-state index < -0.39 is 47.6 Å². The molecule has 0 saturated carbocycles. The van der Waals surface area contributed by atoms with Gasteiger partial charge in [0.15, 0.2) is 5.72 Å². The number of rotatable bonds is 8. The van der Waals surface area contributed by atoms with E-state index in [0.717, 1.165) is 16.7 Å². The van der Waals surface area contributed by atoms with Crippen molar-refractivity contribution in [2.75, 3.05) is 33.2 Å². The molecular formula is C40H61N3O9S. The predicted molar refractivity (Wildman–Crippen MR) is 208 cm³/mol. The van der Waals surface area contributed by atoms with E-state index in [9.17, 15) is 24.3 Å². The summed E-state index contributed by atoms with van der Waals surface area (Å²) < 4.78 is 23.4. The summed E-state index contributed by atoms with van der Waals surface area (Å²) in [5, 5.41) is 14.4. The summed E-state index contributed by atoms with van der Waals surface area (Å²) in [5.74, 6) is -1.25. The lowest BCUT2D eigenvalue weighted by atomic mass is 9.66. The van der Waals surface area contributed by atoms with Crippen LogP contribution >= 0.6 is 12.6 Å². The summed E-state index contributed by atoms with van der Waals surface area (Å²) >= 11 is 4.37. The molecule has 4 bridgehead atoms. The Morgan fingerprint density at radius 3 is 2.43 bits per heavy atom. The van der Waals surface area contributed by atoms with Crippen LogP contribution in [0.3, 0.4) is 0 Å². The van der Waals surface area contributed by atoms with Gasteiger partial charge in [0.25, 0.3) is 0 Å². The quantitative estimate of drug-likeness (QED) is 0.222. The predicted octanol–water partition coefficient (Wildman–Crippen LogP) is 5.77. The maximum absolute atomic E-state index is 14.3. The topological polar surface area (TPSA) is 144 Å². The molecule has 1 saturated heterocycles. The van der Waals surface area contributed by atoms with Gasteiger partial charge in [0.1, 0.15) is 30.1 Å². The van der Waals surface area contributed by atoms with Crippen LogP contribution in [0.25, 0.3) is 0 Å². The Labute approximate surface area is 321 Å². The maximum Gasteiger partial charge on any atom is 0.409 e. The Morgan fingerprint density at radius 2 is 1.83 bits per heavy atom. The number of amides is 3. The number of carbonyl (C=O) groups excluding carboxylic acids is 4. The van der Waals surface area contributed by atoms with E-state index in [0.29, 0.717) is 24.3 Å². The first-order valence-corrected chi connectivity index (χ1v) is 18.8. The minimum atomic E-state index is -1.78. The van der Waals surface area contributed by atoms with Crippen molar-refractivity contribution in [2.24, 2.45) is 17.3 Å². The van der Waals surface area contributed by atoms with Gasteiger partial charge in [-0.3, -0.25) is 14.9 Å². The number of likely N-dealkylation sites (N-methyl/N-ethyl adjacent to an activating group) is 1. The van der Waals surface area contributed by atoms with E-state index in [-0.39, 0.29) is 48.2 Å². The Kier molecular flexibility index (Phi) is 15.0. The zero-order valence-corrected chi connectivity index (χ0v) is 34.4. The molecule has 0 aliphatic carbocycles. The molecule has 1 aromatic rings. The molecule has 53 heavy (non-hydrogen) atoms. The van der Waals surface area contributed by atoms with Gasteiger partial charge in [0.05, 0.1) is 19.2 Å². The molecule has 0 spiro atoms. The Hall–Kier alpha value is -3.55. The highest BCUT2D eigenvalue weighted by atomic mass is 32.1. The normalized spacial score (nSPS) is 29.4. The lowest BCUT2D eigenvalue weighted by molar-refractivity contribution is -0.170. The minimum absolute atomic E-state index is 0.0116. The number of anilines is 1. The third-order valence-electron chi connectivity index (χ3n) is 11.4. The number of thiol groups is 1. The Morgan fingerprint density at radius 1 is 1.17 bits per heavy atom. The summed E-state index contributed by atoms with van der Waals surface area (Å²) in [5.41, 5.74) is 0.647. The van der Waals surface area contributed by atoms with E-state index in [1.54, 1.807) is 45.2 Å². The first-order valence-electron chi connectivity index (χ1n) is 18.3. The molecule has 0 aromatic heterocycles. The average molecular weight is 760 g/mol. The second-order valence-corrected chi connectivity index (χ2v) is 16.4. The molecule has 1 aromatic carbocycles. The molecule has 8 atom stereocenters. The van der Waals surface area contributed by atoms with Crippen LogP contribution in [0.15, 0.2) is 35.9 Å². The molecule has 296 valence electrons. The number of esters is 1. The van der Waals surface area contributed by atoms with E-state index in [1.807, 2.05) is 66.7 Å². The van der Waals surface area contributed by atoms with Crippen LogP contribution in [-0.4, -0.2) is 97.5 Å². The third kappa shape index (κ3) is 10.6. The fraction of sp³-hybridized carbons (Fsp3) is 0.650. The summed E-state index contributed by atoms with van der Waals surface area (Å²) in [6, 6.07) is 2.96. The molecule has 2 unspecified atom stereocenters. The fourth-order valence-corrected chi connectivity index (χ4v) is 7.18. The number of methoxy groups -OCH3 is 2. The Bertz CT molecular complexity index is 1560. The lowest BCUT2D eigenvalue weighted by Gasteiger charge is -2.47. The van der Waals surface area contributed by atoms with Gasteiger partial charge in [0.2, 0.25) is 11.8 Å². The summed E-state index contributed by atoms with van der Waals surface area (Å²) in [6.07, 6.45) is 3.13. The van der Waals surface area contributed by atoms with Gasteiger partial charge in [-0.05, 0) is 68.4 Å². The van der Waals surface area contributed by atoms with Crippen molar-refractivity contribution in [3.63, 3.8) is 0 Å². The SMILES string of the molecule is COc1cc2cc(c1C)N(C)C(=O)C[C@H](OC(=O)[C@H](C)N(C)C(=O)CCC(C)S)C(C)(C)[C@@H](C)[C@H](C)C1C[C@@](O)(NC(=O)O1)[C@H](OC)/C=C/C=C(\C)C2. The first kappa shape index (κ1) is 43.9. The number of hydrogen-bond donors (Lipinski definition) is 3. The molecule has 13 heteroatoms. The van der Waals surface area contributed by atoms with Crippen molar-refractivity contribution in [1.82, 2.24) is 10.2 Å². The van der Waals surface area contributed by atoms with Gasteiger partial charge in [-0.25, -0.2) is 9.59 Å². The van der Waals surface area contributed by atoms with Gasteiger partial charge in [-0.15, -0.1) is 0 Å². The van der Waals surface area contributed by atoms with Crippen LogP contribution < -0.4 is 15.0 Å². The number of fused-ring (bicyclic) bond motifs is 4. The van der Waals surface area contributed by atoms with E-state index in [4.69, 9.17) is 18.9 Å². The van der Waals surface area contributed by atoms with Gasteiger partial charge < -0.3 is 33.9 Å². The smallest absolute Gasteiger partial charge is 0.409 e. The Balaban J connectivity index is 2.15. The standard InChI is InChI=1S/C40H61N3O9S/c1-23-14-13-15-33(50-12)40(48)22-32(51-38(47)41-40)25(3)27(5)39(7,8)34(52-37(46)28(6)42(9)35(44)17-16-24(2)53)21-36(45)43(10)30-19-29(18-23)20-31(49-11)26(30)4/h13-15,19-20,24-25,27-28,32-34,48,53H,16-18,21-22H2,1-12H3,(H,41,47)/b15-13+,23-14+/t24?,25-,27-,28-,32?,33+,34-,40-/m0/s1. The second-order valence-electron chi connectivity index (χ2n) is 15.5. The van der Waals surface area contributed by atoms with Crippen molar-refractivity contribution in [3.8, 4) is 5.75 Å².